The van der Waals surface area contributed by atoms with Gasteiger partial charge in [-0.3, -0.25) is 4.79 Å². The molecule has 162 valence electrons. The van der Waals surface area contributed by atoms with Crippen molar-refractivity contribution in [1.29, 1.82) is 0 Å². The van der Waals surface area contributed by atoms with Crippen molar-refractivity contribution < 1.29 is 15.0 Å². The second-order valence-corrected chi connectivity index (χ2v) is 8.98. The first-order valence-electron chi connectivity index (χ1n) is 10.9. The predicted octanol–water partition coefficient (Wildman–Crippen LogP) is 4.09. The number of aromatic nitrogens is 1. The second kappa shape index (κ2) is 9.40. The van der Waals surface area contributed by atoms with E-state index in [2.05, 4.69) is 22.1 Å². The average molecular weight is 439 g/mol. The maximum atomic E-state index is 12.9. The maximum absolute atomic E-state index is 12.9. The molecule has 0 aliphatic heterocycles. The summed E-state index contributed by atoms with van der Waals surface area (Å²) < 4.78 is 0. The van der Waals surface area contributed by atoms with Gasteiger partial charge in [0.25, 0.3) is 5.91 Å². The van der Waals surface area contributed by atoms with Crippen molar-refractivity contribution in [1.82, 2.24) is 10.3 Å². The summed E-state index contributed by atoms with van der Waals surface area (Å²) in [6.07, 6.45) is 7.71. The van der Waals surface area contributed by atoms with Crippen LogP contribution in [-0.2, 0) is 0 Å². The summed E-state index contributed by atoms with van der Waals surface area (Å²) in [5, 5.41) is 24.3. The number of carbonyl (C=O) groups excluding carboxylic acids is 1. The fourth-order valence-corrected chi connectivity index (χ4v) is 4.46. The van der Waals surface area contributed by atoms with Crippen molar-refractivity contribution in [2.45, 2.75) is 69.1 Å². The molecule has 2 atom stereocenters. The lowest BCUT2D eigenvalue weighted by atomic mass is 9.92. The molecule has 1 heterocycles. The van der Waals surface area contributed by atoms with Crippen molar-refractivity contribution >= 4 is 17.5 Å². The largest absolute Gasteiger partial charge is 0.391 e. The smallest absolute Gasteiger partial charge is 0.253 e. The Balaban J connectivity index is 1.65. The fourth-order valence-electron chi connectivity index (χ4n) is 4.33. The Labute approximate surface area is 187 Å². The van der Waals surface area contributed by atoms with Crippen LogP contribution in [0.25, 0.3) is 11.1 Å². The molecule has 2 aromatic rings. The van der Waals surface area contributed by atoms with E-state index in [1.807, 2.05) is 12.1 Å². The molecule has 0 bridgehead atoms. The maximum Gasteiger partial charge on any atom is 0.253 e. The van der Waals surface area contributed by atoms with Crippen LogP contribution >= 0.6 is 11.6 Å². The van der Waals surface area contributed by atoms with Gasteiger partial charge in [-0.05, 0) is 68.2 Å². The molecule has 2 fully saturated rings. The van der Waals surface area contributed by atoms with Gasteiger partial charge in [0.05, 0.1) is 17.7 Å². The highest BCUT2D eigenvalue weighted by atomic mass is 35.5. The Kier molecular flexibility index (Phi) is 6.62. The second-order valence-electron chi connectivity index (χ2n) is 8.55. The summed E-state index contributed by atoms with van der Waals surface area (Å²) in [6.45, 7) is 0. The van der Waals surface area contributed by atoms with Crippen LogP contribution in [0.3, 0.4) is 0 Å². The molecule has 1 aromatic heterocycles. The van der Waals surface area contributed by atoms with Crippen molar-refractivity contribution in [2.75, 3.05) is 0 Å². The van der Waals surface area contributed by atoms with Crippen LogP contribution in [-0.4, -0.2) is 38.9 Å². The minimum atomic E-state index is -0.966. The number of halogens is 1. The Bertz CT molecular complexity index is 1000. The number of benzene rings is 1. The standard InChI is InChI=1S/C25H27ClN2O3/c26-19-9-7-17(8-10-19)20-15-18(24(30)28-22-5-1-2-6-23(22)29)16-27-21(20)11-14-25(31)12-3-4-13-25/h7-10,15-16,22-23,29,31H,1-6,12-13H2,(H,28,30)/t22-,23-/m1/s1. The third kappa shape index (κ3) is 5.27. The van der Waals surface area contributed by atoms with E-state index >= 15 is 0 Å². The van der Waals surface area contributed by atoms with Crippen LogP contribution in [0.5, 0.6) is 0 Å². The summed E-state index contributed by atoms with van der Waals surface area (Å²) in [6, 6.07) is 8.82. The minimum Gasteiger partial charge on any atom is -0.391 e. The molecule has 1 aromatic carbocycles. The van der Waals surface area contributed by atoms with Gasteiger partial charge in [0.2, 0.25) is 0 Å². The number of hydrogen-bond donors (Lipinski definition) is 3. The van der Waals surface area contributed by atoms with Gasteiger partial charge in [0.1, 0.15) is 11.3 Å². The molecule has 0 radical (unpaired) electrons. The Morgan fingerprint density at radius 2 is 1.84 bits per heavy atom. The summed E-state index contributed by atoms with van der Waals surface area (Å²) in [4.78, 5) is 17.3. The van der Waals surface area contributed by atoms with Crippen LogP contribution in [0.2, 0.25) is 5.02 Å². The third-order valence-electron chi connectivity index (χ3n) is 6.20. The first-order valence-corrected chi connectivity index (χ1v) is 11.3. The van der Waals surface area contributed by atoms with E-state index in [4.69, 9.17) is 11.6 Å². The van der Waals surface area contributed by atoms with Crippen molar-refractivity contribution in [3.05, 3.63) is 52.8 Å². The number of aliphatic hydroxyl groups excluding tert-OH is 1. The molecule has 4 rings (SSSR count). The van der Waals surface area contributed by atoms with E-state index in [9.17, 15) is 15.0 Å². The van der Waals surface area contributed by atoms with Crippen molar-refractivity contribution in [2.24, 2.45) is 0 Å². The minimum absolute atomic E-state index is 0.240. The summed E-state index contributed by atoms with van der Waals surface area (Å²) >= 11 is 6.04. The van der Waals surface area contributed by atoms with E-state index in [1.54, 1.807) is 18.2 Å². The summed E-state index contributed by atoms with van der Waals surface area (Å²) in [5.74, 6) is 5.79. The zero-order valence-corrected chi connectivity index (χ0v) is 18.2. The van der Waals surface area contributed by atoms with Gasteiger partial charge in [-0.2, -0.15) is 0 Å². The number of nitrogens with zero attached hydrogens (tertiary/aromatic N) is 1. The molecule has 0 unspecified atom stereocenters. The lowest BCUT2D eigenvalue weighted by Gasteiger charge is -2.28. The monoisotopic (exact) mass is 438 g/mol. The van der Waals surface area contributed by atoms with Gasteiger partial charge in [0, 0.05) is 16.8 Å². The molecule has 3 N–H and O–H groups in total. The molecule has 2 aliphatic carbocycles. The normalized spacial score (nSPS) is 22.4. The predicted molar refractivity (Wildman–Crippen MR) is 121 cm³/mol. The SMILES string of the molecule is O=C(N[C@@H]1CCCC[C@H]1O)c1cnc(C#CC2(O)CCCC2)c(-c2ccc(Cl)cc2)c1. The molecule has 6 heteroatoms. The lowest BCUT2D eigenvalue weighted by Crippen LogP contribution is -2.45. The number of nitrogens with one attached hydrogen (secondary N) is 1. The first kappa shape index (κ1) is 21.8. The first-order chi connectivity index (χ1) is 14.9. The fraction of sp³-hybridized carbons (Fsp3) is 0.440. The van der Waals surface area contributed by atoms with Gasteiger partial charge in [-0.25, -0.2) is 4.98 Å². The molecular weight excluding hydrogens is 412 g/mol. The number of hydrogen-bond acceptors (Lipinski definition) is 4. The Morgan fingerprint density at radius 3 is 2.55 bits per heavy atom. The van der Waals surface area contributed by atoms with Gasteiger partial charge in [-0.15, -0.1) is 0 Å². The number of pyridine rings is 1. The van der Waals surface area contributed by atoms with E-state index in [0.717, 1.165) is 37.7 Å². The topological polar surface area (TPSA) is 82.5 Å². The van der Waals surface area contributed by atoms with Crippen molar-refractivity contribution in [3.63, 3.8) is 0 Å². The highest BCUT2D eigenvalue weighted by molar-refractivity contribution is 6.30. The lowest BCUT2D eigenvalue weighted by molar-refractivity contribution is 0.0717. The number of aliphatic hydroxyl groups is 2. The quantitative estimate of drug-likeness (QED) is 0.630. The summed E-state index contributed by atoms with van der Waals surface area (Å²) in [7, 11) is 0. The number of amides is 1. The highest BCUT2D eigenvalue weighted by Gasteiger charge is 2.29. The van der Waals surface area contributed by atoms with Crippen LogP contribution in [0, 0.1) is 11.8 Å². The van der Waals surface area contributed by atoms with Gasteiger partial charge >= 0.3 is 0 Å². The molecule has 1 amide bonds. The average Bonchev–Trinajstić information content (AvgIpc) is 3.21. The van der Waals surface area contributed by atoms with Crippen LogP contribution in [0.4, 0.5) is 0 Å². The molecule has 31 heavy (non-hydrogen) atoms. The van der Waals surface area contributed by atoms with Crippen LogP contribution in [0.1, 0.15) is 67.4 Å². The number of carbonyl (C=O) groups is 1. The summed E-state index contributed by atoms with van der Waals surface area (Å²) in [5.41, 5.74) is 1.51. The number of rotatable bonds is 3. The zero-order chi connectivity index (χ0) is 21.8. The van der Waals surface area contributed by atoms with Gasteiger partial charge in [-0.1, -0.05) is 42.5 Å². The zero-order valence-electron chi connectivity index (χ0n) is 17.4. The molecular formula is C25H27ClN2O3. The van der Waals surface area contributed by atoms with E-state index in [-0.39, 0.29) is 11.9 Å². The molecule has 2 saturated carbocycles. The van der Waals surface area contributed by atoms with E-state index in [1.165, 1.54) is 6.20 Å². The van der Waals surface area contributed by atoms with Crippen LogP contribution < -0.4 is 5.32 Å². The Morgan fingerprint density at radius 1 is 1.13 bits per heavy atom. The molecule has 5 nitrogen and oxygen atoms in total. The van der Waals surface area contributed by atoms with Gasteiger partial charge < -0.3 is 15.5 Å². The molecule has 0 saturated heterocycles. The van der Waals surface area contributed by atoms with E-state index in [0.29, 0.717) is 41.1 Å². The van der Waals surface area contributed by atoms with Gasteiger partial charge in [0.15, 0.2) is 0 Å². The van der Waals surface area contributed by atoms with E-state index < -0.39 is 11.7 Å². The van der Waals surface area contributed by atoms with Crippen molar-refractivity contribution in [3.8, 4) is 23.0 Å². The Hall–Kier alpha value is -2.39. The highest BCUT2D eigenvalue weighted by Crippen LogP contribution is 2.30. The van der Waals surface area contributed by atoms with Crippen LogP contribution in [0.15, 0.2) is 36.5 Å². The molecule has 0 spiro atoms. The third-order valence-corrected chi connectivity index (χ3v) is 6.45. The molecule has 2 aliphatic rings.